The lowest BCUT2D eigenvalue weighted by Crippen LogP contribution is -2.09. The molecule has 56 valence electrons. The fourth-order valence-electron chi connectivity index (χ4n) is 0.272. The van der Waals surface area contributed by atoms with E-state index < -0.39 is 15.1 Å². The number of hydrogen-bond acceptors (Lipinski definition) is 2. The third-order valence-corrected chi connectivity index (χ3v) is 2.80. The van der Waals surface area contributed by atoms with Gasteiger partial charge in [0.1, 0.15) is 0 Å². The summed E-state index contributed by atoms with van der Waals surface area (Å²) in [6.07, 6.45) is 0.954. The van der Waals surface area contributed by atoms with Crippen LogP contribution in [0.4, 0.5) is 0 Å². The summed E-state index contributed by atoms with van der Waals surface area (Å²) in [5, 5.41) is 0.496. The van der Waals surface area contributed by atoms with Crippen molar-refractivity contribution in [1.82, 2.24) is 0 Å². The highest BCUT2D eigenvalue weighted by molar-refractivity contribution is 7.94. The van der Waals surface area contributed by atoms with E-state index in [2.05, 4.69) is 4.85 Å². The van der Waals surface area contributed by atoms with Gasteiger partial charge < -0.3 is 0 Å². The molecule has 0 spiro atoms. The molecule has 0 radical (unpaired) electrons. The van der Waals surface area contributed by atoms with Crippen molar-refractivity contribution in [3.05, 3.63) is 23.0 Å². The molecule has 3 nitrogen and oxygen atoms in total. The second-order valence-corrected chi connectivity index (χ2v) is 4.45. The minimum absolute atomic E-state index is 0.439. The molecule has 0 saturated heterocycles. The van der Waals surface area contributed by atoms with Gasteiger partial charge in [-0.3, -0.25) is 0 Å². The van der Waals surface area contributed by atoms with Crippen LogP contribution in [0.15, 0.2) is 11.6 Å². The molecule has 0 aliphatic carbocycles. The number of sulfone groups is 1. The topological polar surface area (TPSA) is 38.5 Å². The average Bonchev–Trinajstić information content (AvgIpc) is 1.84. The van der Waals surface area contributed by atoms with Crippen LogP contribution in [-0.2, 0) is 9.84 Å². The van der Waals surface area contributed by atoms with Gasteiger partial charge in [0.05, 0.1) is 11.8 Å². The molecule has 0 fully saturated rings. The minimum Gasteiger partial charge on any atom is -0.245 e. The fourth-order valence-corrected chi connectivity index (χ4v) is 0.817. The van der Waals surface area contributed by atoms with Crippen molar-refractivity contribution in [1.29, 1.82) is 0 Å². The van der Waals surface area contributed by atoms with Crippen LogP contribution in [0, 0.1) is 6.57 Å². The molecule has 0 aliphatic rings. The summed E-state index contributed by atoms with van der Waals surface area (Å²) in [5.74, 6) is 0. The minimum atomic E-state index is -3.15. The molecule has 10 heavy (non-hydrogen) atoms. The van der Waals surface area contributed by atoms with E-state index in [1.54, 1.807) is 13.8 Å². The molecule has 0 atom stereocenters. The summed E-state index contributed by atoms with van der Waals surface area (Å²) >= 11 is 0. The Hall–Kier alpha value is -0.820. The van der Waals surface area contributed by atoms with Crippen LogP contribution in [0.2, 0.25) is 0 Å². The van der Waals surface area contributed by atoms with E-state index in [4.69, 9.17) is 6.57 Å². The van der Waals surface area contributed by atoms with Crippen LogP contribution in [0.1, 0.15) is 13.8 Å². The second-order valence-electron chi connectivity index (χ2n) is 2.05. The third kappa shape index (κ3) is 2.65. The summed E-state index contributed by atoms with van der Waals surface area (Å²) in [6, 6.07) is 0. The maximum Gasteiger partial charge on any atom is 0.165 e. The molecule has 4 heteroatoms. The van der Waals surface area contributed by atoms with E-state index in [1.165, 1.54) is 0 Å². The summed E-state index contributed by atoms with van der Waals surface area (Å²) < 4.78 is 21.7. The van der Waals surface area contributed by atoms with Crippen molar-refractivity contribution < 1.29 is 8.42 Å². The van der Waals surface area contributed by atoms with E-state index in [0.717, 1.165) is 11.6 Å². The van der Waals surface area contributed by atoms with E-state index in [9.17, 15) is 8.42 Å². The third-order valence-electron chi connectivity index (χ3n) is 0.982. The molecule has 0 bridgehead atoms. The van der Waals surface area contributed by atoms with Crippen molar-refractivity contribution in [2.24, 2.45) is 0 Å². The van der Waals surface area contributed by atoms with Crippen LogP contribution in [0.25, 0.3) is 4.85 Å². The van der Waals surface area contributed by atoms with Gasteiger partial charge in [-0.2, -0.15) is 0 Å². The predicted molar refractivity (Wildman–Crippen MR) is 39.8 cm³/mol. The van der Waals surface area contributed by atoms with Gasteiger partial charge in [-0.1, -0.05) is 0 Å². The van der Waals surface area contributed by atoms with Crippen LogP contribution in [0.3, 0.4) is 0 Å². The molecule has 0 heterocycles. The quantitative estimate of drug-likeness (QED) is 0.568. The summed E-state index contributed by atoms with van der Waals surface area (Å²) in [4.78, 5) is 2.79. The van der Waals surface area contributed by atoms with Gasteiger partial charge in [-0.25, -0.2) is 13.3 Å². The van der Waals surface area contributed by atoms with Gasteiger partial charge in [0, 0.05) is 5.41 Å². The van der Waals surface area contributed by atoms with Gasteiger partial charge in [-0.05, 0) is 13.8 Å². The first-order valence-corrected chi connectivity index (χ1v) is 4.38. The van der Waals surface area contributed by atoms with E-state index in [1.807, 2.05) is 0 Å². The average molecular weight is 159 g/mol. The highest BCUT2D eigenvalue weighted by atomic mass is 32.2. The van der Waals surface area contributed by atoms with E-state index >= 15 is 0 Å². The van der Waals surface area contributed by atoms with Gasteiger partial charge in [0.15, 0.2) is 16.0 Å². The molecule has 0 aromatic rings. The maximum atomic E-state index is 10.9. The molecule has 0 aromatic carbocycles. The summed E-state index contributed by atoms with van der Waals surface area (Å²) in [6.45, 7) is 9.44. The Bertz CT molecular complexity index is 256. The van der Waals surface area contributed by atoms with Gasteiger partial charge in [0.2, 0.25) is 0 Å². The first-order valence-electron chi connectivity index (χ1n) is 2.77. The summed E-state index contributed by atoms with van der Waals surface area (Å²) in [7, 11) is -3.15. The first kappa shape index (κ1) is 9.18. The van der Waals surface area contributed by atoms with E-state index in [0.29, 0.717) is 0 Å². The Morgan fingerprint density at radius 3 is 2.30 bits per heavy atom. The molecular formula is C6H9NO2S. The van der Waals surface area contributed by atoms with Crippen molar-refractivity contribution in [3.8, 4) is 0 Å². The molecular weight excluding hydrogens is 150 g/mol. The van der Waals surface area contributed by atoms with Crippen molar-refractivity contribution in [2.45, 2.75) is 19.1 Å². The smallest absolute Gasteiger partial charge is 0.165 e. The molecule has 0 unspecified atom stereocenters. The van der Waals surface area contributed by atoms with E-state index in [-0.39, 0.29) is 0 Å². The SMILES string of the molecule is [C-]#[N+]/C=C/S(=O)(=O)C(C)C. The number of hydrogen-bond donors (Lipinski definition) is 0. The molecule has 0 saturated carbocycles. The lowest BCUT2D eigenvalue weighted by Gasteiger charge is -1.98. The Morgan fingerprint density at radius 2 is 2.00 bits per heavy atom. The van der Waals surface area contributed by atoms with Crippen LogP contribution < -0.4 is 0 Å². The Labute approximate surface area is 61.1 Å². The monoisotopic (exact) mass is 159 g/mol. The number of rotatable bonds is 2. The normalized spacial score (nSPS) is 12.2. The van der Waals surface area contributed by atoms with Crippen LogP contribution in [-0.4, -0.2) is 13.7 Å². The first-order chi connectivity index (χ1) is 4.50. The Balaban J connectivity index is 4.50. The van der Waals surface area contributed by atoms with Crippen LogP contribution in [0.5, 0.6) is 0 Å². The van der Waals surface area contributed by atoms with Crippen molar-refractivity contribution in [2.75, 3.05) is 0 Å². The molecule has 0 aromatic heterocycles. The molecule has 0 rings (SSSR count). The van der Waals surface area contributed by atoms with Gasteiger partial charge in [-0.15, -0.1) is 0 Å². The maximum absolute atomic E-state index is 10.9. The highest BCUT2D eigenvalue weighted by Crippen LogP contribution is 2.01. The largest absolute Gasteiger partial charge is 0.245 e. The van der Waals surface area contributed by atoms with Crippen molar-refractivity contribution >= 4 is 9.84 Å². The zero-order valence-corrected chi connectivity index (χ0v) is 6.72. The predicted octanol–water partition coefficient (Wildman–Crippen LogP) is 1.20. The molecule has 0 amide bonds. The fraction of sp³-hybridized carbons (Fsp3) is 0.500. The highest BCUT2D eigenvalue weighted by Gasteiger charge is 2.09. The molecule has 0 aliphatic heterocycles. The van der Waals surface area contributed by atoms with Crippen molar-refractivity contribution in [3.63, 3.8) is 0 Å². The second kappa shape index (κ2) is 3.37. The zero-order valence-electron chi connectivity index (χ0n) is 5.90. The molecule has 0 N–H and O–H groups in total. The number of nitrogens with zero attached hydrogens (tertiary/aromatic N) is 1. The standard InChI is InChI=1S/C6H9NO2S/c1-6(2)10(8,9)5-4-7-3/h4-6H,1-2H3/b5-4+. The zero-order chi connectivity index (χ0) is 8.20. The summed E-state index contributed by atoms with van der Waals surface area (Å²) in [5.41, 5.74) is 0. The van der Waals surface area contributed by atoms with Gasteiger partial charge in [0.25, 0.3) is 0 Å². The Morgan fingerprint density at radius 1 is 1.50 bits per heavy atom. The Kier molecular flexibility index (Phi) is 3.10. The lowest BCUT2D eigenvalue weighted by molar-refractivity contribution is 0.596. The van der Waals surface area contributed by atoms with Gasteiger partial charge >= 0.3 is 0 Å². The van der Waals surface area contributed by atoms with Crippen LogP contribution >= 0.6 is 0 Å². The lowest BCUT2D eigenvalue weighted by atomic mass is 10.6.